The molecule has 0 spiro atoms. The normalized spacial score (nSPS) is 27.3. The molecule has 1 saturated heterocycles. The zero-order chi connectivity index (χ0) is 33.6. The summed E-state index contributed by atoms with van der Waals surface area (Å²) in [5.74, 6) is 0. The Balaban J connectivity index is 2.26. The van der Waals surface area contributed by atoms with Gasteiger partial charge in [-0.25, -0.2) is 4.79 Å². The van der Waals surface area contributed by atoms with Gasteiger partial charge in [-0.2, -0.15) is 0 Å². The summed E-state index contributed by atoms with van der Waals surface area (Å²) in [6.45, 7) is 25.8. The van der Waals surface area contributed by atoms with E-state index in [2.05, 4.69) is 59.0 Å². The number of amides is 1. The molecule has 1 aromatic carbocycles. The Morgan fingerprint density at radius 3 is 1.49 bits per heavy atom. The molecule has 1 aliphatic heterocycles. The first-order chi connectivity index (χ1) is 21.1. The number of rotatable bonds is 20. The number of carbonyl (C=O) groups excluding carboxylic acids is 1. The highest BCUT2D eigenvalue weighted by atomic mass is 28.5. The van der Waals surface area contributed by atoms with E-state index in [-0.39, 0.29) is 0 Å². The summed E-state index contributed by atoms with van der Waals surface area (Å²) in [4.78, 5) is 13.0. The molecule has 0 aliphatic carbocycles. The first-order valence-electron chi connectivity index (χ1n) is 16.8. The molecule has 6 nitrogen and oxygen atoms in total. The van der Waals surface area contributed by atoms with E-state index in [1.54, 1.807) is 12.1 Å². The van der Waals surface area contributed by atoms with E-state index in [0.717, 1.165) is 81.2 Å². The molecule has 0 aromatic heterocycles. The van der Waals surface area contributed by atoms with E-state index in [1.165, 1.54) is 4.90 Å². The zero-order valence-electron chi connectivity index (χ0n) is 29.0. The van der Waals surface area contributed by atoms with Crippen LogP contribution in [0.3, 0.4) is 0 Å². The molecule has 1 aromatic rings. The molecule has 1 amide bonds. The van der Waals surface area contributed by atoms with Crippen LogP contribution in [0.2, 0.25) is 75.5 Å². The molecule has 1 heterocycles. The molecular formula is C33H60FNO5Si5. The van der Waals surface area contributed by atoms with E-state index < -0.39 is 48.5 Å². The quantitative estimate of drug-likeness (QED) is 0.0443. The molecule has 0 saturated carbocycles. The summed E-state index contributed by atoms with van der Waals surface area (Å²) in [5, 5.41) is 0. The SMILES string of the molecule is C=CCCC[Si]1(C)O[Si](C)(CCCC=C)O[Si](C)(CC[Si](C)(C)CCCN(C(=O)F)c2ccccc2)O[Si](C)(CCCC=C)O1. The second-order valence-corrected chi connectivity index (χ2v) is 33.7. The van der Waals surface area contributed by atoms with E-state index >= 15 is 0 Å². The number of halogens is 1. The van der Waals surface area contributed by atoms with Crippen molar-refractivity contribution in [3.8, 4) is 0 Å². The number of anilines is 1. The van der Waals surface area contributed by atoms with Crippen molar-refractivity contribution in [1.29, 1.82) is 0 Å². The Morgan fingerprint density at radius 2 is 1.11 bits per heavy atom. The summed E-state index contributed by atoms with van der Waals surface area (Å²) in [6, 6.07) is 14.7. The van der Waals surface area contributed by atoms with Crippen LogP contribution in [0.25, 0.3) is 0 Å². The number of para-hydroxylation sites is 1. The number of benzene rings is 1. The van der Waals surface area contributed by atoms with Gasteiger partial charge in [-0.3, -0.25) is 4.90 Å². The van der Waals surface area contributed by atoms with Gasteiger partial charge in [-0.1, -0.05) is 61.6 Å². The fraction of sp³-hybridized carbons (Fsp3) is 0.606. The molecular weight excluding hydrogens is 650 g/mol. The third kappa shape index (κ3) is 14.2. The standard InChI is InChI=1S/C33H60FNO5Si5/c1-10-13-19-27-42(6)37-43(7,28-20-14-11-2)39-45(9,40-44(8,38-42)29-21-15-12-3)31-30-41(4,5)26-22-25-35(33(34)36)32-23-17-16-18-24-32/h10-12,16-18,23-24H,1-3,13-15,19-22,25-31H2,4-9H3. The summed E-state index contributed by atoms with van der Waals surface area (Å²) >= 11 is 0. The van der Waals surface area contributed by atoms with Crippen LogP contribution in [0.5, 0.6) is 0 Å². The Labute approximate surface area is 279 Å². The van der Waals surface area contributed by atoms with Crippen molar-refractivity contribution in [2.24, 2.45) is 0 Å². The topological polar surface area (TPSA) is 57.2 Å². The molecule has 254 valence electrons. The Hall–Kier alpha value is -1.24. The molecule has 2 atom stereocenters. The number of allylic oxidation sites excluding steroid dienone is 3. The maximum atomic E-state index is 13.9. The van der Waals surface area contributed by atoms with Gasteiger partial charge < -0.3 is 16.5 Å². The Kier molecular flexibility index (Phi) is 16.3. The predicted molar refractivity (Wildman–Crippen MR) is 200 cm³/mol. The van der Waals surface area contributed by atoms with E-state index in [9.17, 15) is 9.18 Å². The number of nitrogens with zero attached hydrogens (tertiary/aromatic N) is 1. The van der Waals surface area contributed by atoms with Gasteiger partial charge in [-0.15, -0.1) is 24.1 Å². The molecule has 0 N–H and O–H groups in total. The first-order valence-corrected chi connectivity index (χ1v) is 30.3. The van der Waals surface area contributed by atoms with Gasteiger partial charge in [0.25, 0.3) is 0 Å². The highest BCUT2D eigenvalue weighted by Gasteiger charge is 2.56. The fourth-order valence-electron chi connectivity index (χ4n) is 6.35. The van der Waals surface area contributed by atoms with Crippen molar-refractivity contribution < 1.29 is 25.6 Å². The average molecular weight is 710 g/mol. The number of hydrogen-bond acceptors (Lipinski definition) is 5. The lowest BCUT2D eigenvalue weighted by Gasteiger charge is -2.51. The van der Waals surface area contributed by atoms with Crippen LogP contribution in [0.1, 0.15) is 44.9 Å². The van der Waals surface area contributed by atoms with E-state index in [0.29, 0.717) is 12.2 Å². The Bertz CT molecular complexity index is 1060. The van der Waals surface area contributed by atoms with Crippen molar-refractivity contribution in [3.05, 3.63) is 68.3 Å². The van der Waals surface area contributed by atoms with Gasteiger partial charge >= 0.3 is 40.4 Å². The van der Waals surface area contributed by atoms with Crippen LogP contribution in [-0.4, -0.2) is 55.0 Å². The van der Waals surface area contributed by atoms with Gasteiger partial charge in [0.05, 0.1) is 0 Å². The monoisotopic (exact) mass is 709 g/mol. The molecule has 0 bridgehead atoms. The third-order valence-corrected chi connectivity index (χ3v) is 31.2. The minimum Gasteiger partial charge on any atom is -0.416 e. The van der Waals surface area contributed by atoms with Crippen LogP contribution in [-0.2, 0) is 16.5 Å². The minimum atomic E-state index is -2.71. The third-order valence-electron chi connectivity index (χ3n) is 8.62. The lowest BCUT2D eigenvalue weighted by Crippen LogP contribution is -2.67. The van der Waals surface area contributed by atoms with Crippen molar-refractivity contribution in [2.75, 3.05) is 11.4 Å². The molecule has 12 heteroatoms. The van der Waals surface area contributed by atoms with Crippen molar-refractivity contribution in [3.63, 3.8) is 0 Å². The van der Waals surface area contributed by atoms with E-state index in [4.69, 9.17) is 16.5 Å². The second-order valence-electron chi connectivity index (χ2n) is 14.0. The Morgan fingerprint density at radius 1 is 0.711 bits per heavy atom. The number of unbranched alkanes of at least 4 members (excludes halogenated alkanes) is 3. The summed E-state index contributed by atoms with van der Waals surface area (Å²) < 4.78 is 43.0. The zero-order valence-corrected chi connectivity index (χ0v) is 34.0. The smallest absolute Gasteiger partial charge is 0.404 e. The summed E-state index contributed by atoms with van der Waals surface area (Å²) in [5.41, 5.74) is 0.599. The number of hydrogen-bond donors (Lipinski definition) is 0. The first kappa shape index (κ1) is 39.9. The van der Waals surface area contributed by atoms with Gasteiger partial charge in [0.15, 0.2) is 0 Å². The fourth-order valence-corrected chi connectivity index (χ4v) is 34.8. The molecule has 2 unspecified atom stereocenters. The van der Waals surface area contributed by atoms with Crippen LogP contribution < -0.4 is 4.90 Å². The van der Waals surface area contributed by atoms with Gasteiger partial charge in [0, 0.05) is 20.3 Å². The van der Waals surface area contributed by atoms with Gasteiger partial charge in [0.1, 0.15) is 0 Å². The number of carbonyl (C=O) groups is 1. The van der Waals surface area contributed by atoms with Crippen molar-refractivity contribution >= 4 is 54.2 Å². The van der Waals surface area contributed by atoms with Gasteiger partial charge in [-0.05, 0) is 107 Å². The second kappa shape index (κ2) is 18.3. The molecule has 1 fully saturated rings. The van der Waals surface area contributed by atoms with Crippen LogP contribution >= 0.6 is 0 Å². The average Bonchev–Trinajstić information content (AvgIpc) is 2.94. The summed E-state index contributed by atoms with van der Waals surface area (Å²) in [7, 11) is -12.3. The molecule has 1 aliphatic rings. The maximum absolute atomic E-state index is 13.9. The van der Waals surface area contributed by atoms with Crippen LogP contribution in [0, 0.1) is 0 Å². The maximum Gasteiger partial charge on any atom is 0.404 e. The molecule has 2 rings (SSSR count). The minimum absolute atomic E-state index is 0.372. The van der Waals surface area contributed by atoms with E-state index in [1.807, 2.05) is 36.4 Å². The summed E-state index contributed by atoms with van der Waals surface area (Å²) in [6.07, 6.45) is 11.0. The van der Waals surface area contributed by atoms with Crippen molar-refractivity contribution in [2.45, 2.75) is 120 Å². The molecule has 45 heavy (non-hydrogen) atoms. The molecule has 0 radical (unpaired) electrons. The largest absolute Gasteiger partial charge is 0.416 e. The van der Waals surface area contributed by atoms with Crippen molar-refractivity contribution in [1.82, 2.24) is 0 Å². The highest BCUT2D eigenvalue weighted by Crippen LogP contribution is 2.40. The van der Waals surface area contributed by atoms with Crippen LogP contribution in [0.15, 0.2) is 68.3 Å². The lowest BCUT2D eigenvalue weighted by molar-refractivity contribution is 0.221. The lowest BCUT2D eigenvalue weighted by atomic mass is 10.3. The van der Waals surface area contributed by atoms with Crippen LogP contribution in [0.4, 0.5) is 14.9 Å². The highest BCUT2D eigenvalue weighted by molar-refractivity contribution is 6.94. The van der Waals surface area contributed by atoms with Gasteiger partial charge in [0.2, 0.25) is 0 Å². The predicted octanol–water partition coefficient (Wildman–Crippen LogP) is 10.9.